The predicted octanol–water partition coefficient (Wildman–Crippen LogP) is 0.429. The van der Waals surface area contributed by atoms with E-state index < -0.39 is 10.1 Å². The molecule has 1 aromatic rings. The van der Waals surface area contributed by atoms with E-state index in [9.17, 15) is 8.42 Å². The molecule has 0 N–H and O–H groups in total. The van der Waals surface area contributed by atoms with Gasteiger partial charge in [-0.2, -0.15) is 13.7 Å². The highest BCUT2D eigenvalue weighted by Gasteiger charge is 2.03. The molecule has 0 aromatic carbocycles. The van der Waals surface area contributed by atoms with Crippen molar-refractivity contribution in [2.24, 2.45) is 0 Å². The molecule has 0 radical (unpaired) electrons. The zero-order valence-electron chi connectivity index (χ0n) is 7.47. The summed E-state index contributed by atoms with van der Waals surface area (Å²) in [5, 5.41) is 8.47. The highest BCUT2D eigenvalue weighted by atomic mass is 32.2. The number of nitrogens with zero attached hydrogens (tertiary/aromatic N) is 2. The number of hydrogen-bond acceptors (Lipinski definition) is 5. The van der Waals surface area contributed by atoms with E-state index in [1.165, 1.54) is 6.20 Å². The van der Waals surface area contributed by atoms with Crippen LogP contribution >= 0.6 is 0 Å². The molecule has 14 heavy (non-hydrogen) atoms. The van der Waals surface area contributed by atoms with Crippen LogP contribution in [0.4, 0.5) is 0 Å². The smallest absolute Gasteiger partial charge is 0.264 e. The Kier molecular flexibility index (Phi) is 3.17. The molecule has 0 saturated heterocycles. The average molecular weight is 212 g/mol. The molecule has 0 bridgehead atoms. The highest BCUT2D eigenvalue weighted by molar-refractivity contribution is 7.85. The van der Waals surface area contributed by atoms with Crippen molar-refractivity contribution in [3.63, 3.8) is 0 Å². The molecule has 0 fully saturated rings. The Labute approximate surface area is 82.1 Å². The summed E-state index contributed by atoms with van der Waals surface area (Å²) in [7, 11) is -3.44. The molecule has 5 nitrogen and oxygen atoms in total. The van der Waals surface area contributed by atoms with Crippen molar-refractivity contribution in [1.29, 1.82) is 5.26 Å². The summed E-state index contributed by atoms with van der Waals surface area (Å²) in [5.74, 6) is 0. The van der Waals surface area contributed by atoms with Gasteiger partial charge in [0.2, 0.25) is 0 Å². The van der Waals surface area contributed by atoms with Gasteiger partial charge in [0.1, 0.15) is 12.7 Å². The van der Waals surface area contributed by atoms with Crippen LogP contribution in [-0.2, 0) is 20.9 Å². The van der Waals surface area contributed by atoms with Crippen LogP contribution in [0.15, 0.2) is 18.3 Å². The number of hydrogen-bond donors (Lipinski definition) is 0. The van der Waals surface area contributed by atoms with E-state index in [-0.39, 0.29) is 6.61 Å². The second-order valence-electron chi connectivity index (χ2n) is 2.62. The molecule has 1 heterocycles. The largest absolute Gasteiger partial charge is 0.264 e. The topological polar surface area (TPSA) is 80.0 Å². The summed E-state index contributed by atoms with van der Waals surface area (Å²) in [5.41, 5.74) is 0.891. The van der Waals surface area contributed by atoms with Crippen LogP contribution in [0.25, 0.3) is 0 Å². The first-order valence-electron chi connectivity index (χ1n) is 3.71. The first-order chi connectivity index (χ1) is 6.51. The van der Waals surface area contributed by atoms with Gasteiger partial charge in [0.05, 0.1) is 17.5 Å². The van der Waals surface area contributed by atoms with Crippen molar-refractivity contribution >= 4 is 10.1 Å². The number of rotatable bonds is 3. The summed E-state index contributed by atoms with van der Waals surface area (Å²) in [4.78, 5) is 3.84. The van der Waals surface area contributed by atoms with Crippen molar-refractivity contribution in [3.05, 3.63) is 29.6 Å². The van der Waals surface area contributed by atoms with Crippen LogP contribution in [0.1, 0.15) is 11.3 Å². The van der Waals surface area contributed by atoms with E-state index in [4.69, 9.17) is 5.26 Å². The Morgan fingerprint density at radius 1 is 1.57 bits per heavy atom. The first-order valence-corrected chi connectivity index (χ1v) is 5.52. The average Bonchev–Trinajstić information content (AvgIpc) is 2.14. The number of nitriles is 1. The van der Waals surface area contributed by atoms with Crippen molar-refractivity contribution in [2.45, 2.75) is 6.61 Å². The molecule has 0 saturated carbocycles. The lowest BCUT2D eigenvalue weighted by molar-refractivity contribution is 0.307. The Balaban J connectivity index is 2.67. The molecular formula is C8H8N2O3S. The second kappa shape index (κ2) is 4.17. The normalized spacial score (nSPS) is 10.9. The van der Waals surface area contributed by atoms with Crippen LogP contribution < -0.4 is 0 Å². The standard InChI is InChI=1S/C8H8N2O3S/c1-14(11,12)13-6-8-3-2-7(4-9)5-10-8/h2-3,5H,6H2,1H3. The minimum Gasteiger partial charge on any atom is -0.264 e. The molecule has 74 valence electrons. The summed E-state index contributed by atoms with van der Waals surface area (Å²) < 4.78 is 25.8. The maximum atomic E-state index is 10.6. The molecule has 6 heteroatoms. The molecule has 0 aliphatic carbocycles. The van der Waals surface area contributed by atoms with Crippen molar-refractivity contribution in [1.82, 2.24) is 4.98 Å². The third kappa shape index (κ3) is 3.51. The van der Waals surface area contributed by atoms with Crippen LogP contribution in [0.3, 0.4) is 0 Å². The number of aromatic nitrogens is 1. The van der Waals surface area contributed by atoms with E-state index in [0.717, 1.165) is 6.26 Å². The highest BCUT2D eigenvalue weighted by Crippen LogP contribution is 2.02. The lowest BCUT2D eigenvalue weighted by Crippen LogP contribution is -2.03. The van der Waals surface area contributed by atoms with Gasteiger partial charge in [0, 0.05) is 6.20 Å². The van der Waals surface area contributed by atoms with Gasteiger partial charge in [0.25, 0.3) is 10.1 Å². The van der Waals surface area contributed by atoms with Crippen LogP contribution in [0.5, 0.6) is 0 Å². The number of pyridine rings is 1. The fraction of sp³-hybridized carbons (Fsp3) is 0.250. The van der Waals surface area contributed by atoms with Gasteiger partial charge in [0.15, 0.2) is 0 Å². The molecule has 1 rings (SSSR count). The van der Waals surface area contributed by atoms with Crippen LogP contribution in [0, 0.1) is 11.3 Å². The van der Waals surface area contributed by atoms with Gasteiger partial charge >= 0.3 is 0 Å². The molecule has 0 aliphatic rings. The van der Waals surface area contributed by atoms with Gasteiger partial charge in [-0.25, -0.2) is 0 Å². The third-order valence-corrected chi connectivity index (χ3v) is 1.92. The maximum Gasteiger partial charge on any atom is 0.264 e. The molecule has 0 atom stereocenters. The summed E-state index contributed by atoms with van der Waals surface area (Å²) in [6.45, 7) is -0.107. The minimum atomic E-state index is -3.44. The molecule has 1 aromatic heterocycles. The van der Waals surface area contributed by atoms with E-state index >= 15 is 0 Å². The monoisotopic (exact) mass is 212 g/mol. The maximum absolute atomic E-state index is 10.6. The zero-order valence-corrected chi connectivity index (χ0v) is 8.28. The van der Waals surface area contributed by atoms with Crippen LogP contribution in [0.2, 0.25) is 0 Å². The first kappa shape index (κ1) is 10.6. The molecule has 0 aliphatic heterocycles. The minimum absolute atomic E-state index is 0.107. The third-order valence-electron chi connectivity index (χ3n) is 1.37. The molecule has 0 spiro atoms. The SMILES string of the molecule is CS(=O)(=O)OCc1ccc(C#N)cn1. The summed E-state index contributed by atoms with van der Waals surface area (Å²) >= 11 is 0. The fourth-order valence-electron chi connectivity index (χ4n) is 0.743. The van der Waals surface area contributed by atoms with Crippen molar-refractivity contribution in [2.75, 3.05) is 6.26 Å². The Hall–Kier alpha value is -1.45. The Morgan fingerprint density at radius 3 is 2.71 bits per heavy atom. The Morgan fingerprint density at radius 2 is 2.29 bits per heavy atom. The second-order valence-corrected chi connectivity index (χ2v) is 4.26. The summed E-state index contributed by atoms with van der Waals surface area (Å²) in [6, 6.07) is 5.00. The molecule has 0 amide bonds. The van der Waals surface area contributed by atoms with E-state index in [2.05, 4.69) is 9.17 Å². The summed E-state index contributed by atoms with van der Waals surface area (Å²) in [6.07, 6.45) is 2.33. The van der Waals surface area contributed by atoms with Gasteiger partial charge in [-0.1, -0.05) is 0 Å². The predicted molar refractivity (Wildman–Crippen MR) is 48.6 cm³/mol. The molecular weight excluding hydrogens is 204 g/mol. The van der Waals surface area contributed by atoms with E-state index in [1.54, 1.807) is 12.1 Å². The van der Waals surface area contributed by atoms with E-state index in [0.29, 0.717) is 11.3 Å². The van der Waals surface area contributed by atoms with Gasteiger partial charge < -0.3 is 0 Å². The van der Waals surface area contributed by atoms with Crippen LogP contribution in [-0.4, -0.2) is 19.7 Å². The fourth-order valence-corrected chi connectivity index (χ4v) is 1.08. The zero-order chi connectivity index (χ0) is 10.6. The van der Waals surface area contributed by atoms with Crippen molar-refractivity contribution < 1.29 is 12.6 Å². The molecule has 0 unspecified atom stereocenters. The quantitative estimate of drug-likeness (QED) is 0.679. The Bertz CT molecular complexity index is 444. The van der Waals surface area contributed by atoms with Gasteiger partial charge in [-0.05, 0) is 12.1 Å². The lowest BCUT2D eigenvalue weighted by Gasteiger charge is -1.99. The van der Waals surface area contributed by atoms with Gasteiger partial charge in [-0.3, -0.25) is 9.17 Å². The van der Waals surface area contributed by atoms with Gasteiger partial charge in [-0.15, -0.1) is 0 Å². The lowest BCUT2D eigenvalue weighted by atomic mass is 10.3. The van der Waals surface area contributed by atoms with Crippen molar-refractivity contribution in [3.8, 4) is 6.07 Å². The van der Waals surface area contributed by atoms with E-state index in [1.807, 2.05) is 6.07 Å².